The molecule has 1 unspecified atom stereocenters. The molecule has 0 radical (unpaired) electrons. The fourth-order valence-electron chi connectivity index (χ4n) is 3.64. The molecule has 7 heteroatoms. The molecule has 2 aliphatic rings. The predicted octanol–water partition coefficient (Wildman–Crippen LogP) is 3.17. The largest absolute Gasteiger partial charge is 0.492 e. The molecule has 0 bridgehead atoms. The van der Waals surface area contributed by atoms with Crippen LogP contribution in [-0.2, 0) is 11.2 Å². The third kappa shape index (κ3) is 4.20. The van der Waals surface area contributed by atoms with E-state index in [-0.39, 0.29) is 24.1 Å². The first kappa shape index (κ1) is 18.4. The number of fused-ring (bicyclic) bond motifs is 1. The van der Waals surface area contributed by atoms with Gasteiger partial charge in [0.05, 0.1) is 18.2 Å². The molecule has 1 aromatic carbocycles. The number of carbonyl (C=O) groups excluding carboxylic acids is 1. The van der Waals surface area contributed by atoms with Gasteiger partial charge in [-0.1, -0.05) is 0 Å². The van der Waals surface area contributed by atoms with Crippen molar-refractivity contribution >= 4 is 17.7 Å². The van der Waals surface area contributed by atoms with Crippen molar-refractivity contribution in [1.82, 2.24) is 5.32 Å². The molecule has 0 spiro atoms. The van der Waals surface area contributed by atoms with Crippen molar-refractivity contribution < 1.29 is 24.2 Å². The van der Waals surface area contributed by atoms with E-state index in [2.05, 4.69) is 10.6 Å². The Morgan fingerprint density at radius 1 is 1.27 bits per heavy atom. The van der Waals surface area contributed by atoms with Gasteiger partial charge in [0.25, 0.3) is 0 Å². The average molecular weight is 362 g/mol. The van der Waals surface area contributed by atoms with Crippen LogP contribution in [0.1, 0.15) is 45.1 Å². The van der Waals surface area contributed by atoms with Crippen molar-refractivity contribution in [1.29, 1.82) is 0 Å². The van der Waals surface area contributed by atoms with E-state index in [0.717, 1.165) is 17.7 Å². The van der Waals surface area contributed by atoms with Crippen molar-refractivity contribution in [3.8, 4) is 11.5 Å². The van der Waals surface area contributed by atoms with Gasteiger partial charge in [-0.25, -0.2) is 4.79 Å². The topological polar surface area (TPSA) is 96.9 Å². The van der Waals surface area contributed by atoms with Crippen LogP contribution < -0.4 is 20.1 Å². The van der Waals surface area contributed by atoms with Crippen LogP contribution in [0.25, 0.3) is 0 Å². The van der Waals surface area contributed by atoms with E-state index in [1.54, 1.807) is 0 Å². The number of carbonyl (C=O) groups is 2. The molecule has 26 heavy (non-hydrogen) atoms. The van der Waals surface area contributed by atoms with E-state index in [4.69, 9.17) is 14.6 Å². The van der Waals surface area contributed by atoms with Crippen molar-refractivity contribution in [2.24, 2.45) is 5.92 Å². The summed E-state index contributed by atoms with van der Waals surface area (Å²) in [5.74, 6) is 0.366. The van der Waals surface area contributed by atoms with Crippen LogP contribution in [0.15, 0.2) is 12.1 Å². The van der Waals surface area contributed by atoms with Crippen LogP contribution in [-0.4, -0.2) is 35.9 Å². The quantitative estimate of drug-likeness (QED) is 0.747. The first-order chi connectivity index (χ1) is 12.5. The molecule has 1 aromatic rings. The van der Waals surface area contributed by atoms with Gasteiger partial charge in [-0.15, -0.1) is 0 Å². The molecule has 1 aliphatic carbocycles. The molecule has 0 saturated heterocycles. The van der Waals surface area contributed by atoms with Gasteiger partial charge in [-0.2, -0.15) is 0 Å². The summed E-state index contributed by atoms with van der Waals surface area (Å²) < 4.78 is 11.4. The number of benzene rings is 1. The van der Waals surface area contributed by atoms with Crippen LogP contribution in [0, 0.1) is 5.92 Å². The van der Waals surface area contributed by atoms with Gasteiger partial charge in [0.15, 0.2) is 0 Å². The second-order valence-electron chi connectivity index (χ2n) is 7.01. The summed E-state index contributed by atoms with van der Waals surface area (Å²) in [6.07, 6.45) is 3.48. The maximum atomic E-state index is 12.4. The summed E-state index contributed by atoms with van der Waals surface area (Å²) in [5, 5.41) is 14.8. The predicted molar refractivity (Wildman–Crippen MR) is 96.9 cm³/mol. The molecule has 3 N–H and O–H groups in total. The summed E-state index contributed by atoms with van der Waals surface area (Å²) in [5.41, 5.74) is 1.66. The van der Waals surface area contributed by atoms with Gasteiger partial charge in [0.2, 0.25) is 0 Å². The first-order valence-corrected chi connectivity index (χ1v) is 9.23. The molecule has 0 aromatic heterocycles. The molecular weight excluding hydrogens is 336 g/mol. The third-order valence-electron chi connectivity index (χ3n) is 4.96. The van der Waals surface area contributed by atoms with E-state index in [9.17, 15) is 9.59 Å². The molecule has 7 nitrogen and oxygen atoms in total. The molecule has 3 rings (SSSR count). The summed E-state index contributed by atoms with van der Waals surface area (Å²) in [6, 6.07) is 3.42. The van der Waals surface area contributed by atoms with Crippen LogP contribution >= 0.6 is 0 Å². The molecule has 1 heterocycles. The van der Waals surface area contributed by atoms with Gasteiger partial charge in [0.1, 0.15) is 17.6 Å². The highest BCUT2D eigenvalue weighted by Crippen LogP contribution is 2.38. The monoisotopic (exact) mass is 362 g/mol. The van der Waals surface area contributed by atoms with Crippen molar-refractivity contribution in [2.75, 3.05) is 11.9 Å². The van der Waals surface area contributed by atoms with Gasteiger partial charge in [-0.05, 0) is 45.6 Å². The summed E-state index contributed by atoms with van der Waals surface area (Å²) in [4.78, 5) is 23.4. The van der Waals surface area contributed by atoms with Gasteiger partial charge >= 0.3 is 12.0 Å². The Morgan fingerprint density at radius 2 is 2.00 bits per heavy atom. The summed E-state index contributed by atoms with van der Waals surface area (Å²) >= 11 is 0. The molecular formula is C19H26N2O5. The minimum Gasteiger partial charge on any atom is -0.492 e. The minimum atomic E-state index is -0.748. The number of urea groups is 1. The van der Waals surface area contributed by atoms with E-state index < -0.39 is 5.97 Å². The van der Waals surface area contributed by atoms with Crippen LogP contribution in [0.5, 0.6) is 11.5 Å². The zero-order chi connectivity index (χ0) is 18.7. The standard InChI is InChI=1S/C19H26N2O5/c1-3-25-17-9-13-8-11(2)26-16(13)10-15(17)21-19(24)20-14-6-4-12(5-7-14)18(22)23/h9-12,14H,3-8H2,1-2H3,(H,22,23)(H2,20,21,24). The Morgan fingerprint density at radius 3 is 2.65 bits per heavy atom. The highest BCUT2D eigenvalue weighted by molar-refractivity contribution is 5.91. The summed E-state index contributed by atoms with van der Waals surface area (Å²) in [6.45, 7) is 4.41. The second kappa shape index (κ2) is 7.85. The number of rotatable bonds is 5. The van der Waals surface area contributed by atoms with E-state index in [1.807, 2.05) is 26.0 Å². The van der Waals surface area contributed by atoms with Crippen LogP contribution in [0.4, 0.5) is 10.5 Å². The second-order valence-corrected chi connectivity index (χ2v) is 7.01. The van der Waals surface area contributed by atoms with Gasteiger partial charge < -0.3 is 25.2 Å². The minimum absolute atomic E-state index is 0.00755. The maximum absolute atomic E-state index is 12.4. The molecule has 1 fully saturated rings. The molecule has 2 amide bonds. The fourth-order valence-corrected chi connectivity index (χ4v) is 3.64. The fraction of sp³-hybridized carbons (Fsp3) is 0.579. The number of nitrogens with one attached hydrogen (secondary N) is 2. The Labute approximate surface area is 153 Å². The Kier molecular flexibility index (Phi) is 5.54. The third-order valence-corrected chi connectivity index (χ3v) is 4.96. The zero-order valence-electron chi connectivity index (χ0n) is 15.2. The number of carboxylic acids is 1. The SMILES string of the molecule is CCOc1cc2c(cc1NC(=O)NC1CCC(C(=O)O)CC1)OC(C)C2. The molecule has 1 aliphatic heterocycles. The first-order valence-electron chi connectivity index (χ1n) is 9.23. The van der Waals surface area contributed by atoms with Crippen molar-refractivity contribution in [3.05, 3.63) is 17.7 Å². The average Bonchev–Trinajstić information content (AvgIpc) is 2.94. The number of amides is 2. The highest BCUT2D eigenvalue weighted by atomic mass is 16.5. The van der Waals surface area contributed by atoms with Crippen molar-refractivity contribution in [3.63, 3.8) is 0 Å². The lowest BCUT2D eigenvalue weighted by atomic mass is 9.86. The maximum Gasteiger partial charge on any atom is 0.319 e. The molecule has 1 saturated carbocycles. The Balaban J connectivity index is 1.62. The number of aliphatic carboxylic acids is 1. The van der Waals surface area contributed by atoms with E-state index in [0.29, 0.717) is 43.7 Å². The number of hydrogen-bond donors (Lipinski definition) is 3. The lowest BCUT2D eigenvalue weighted by Crippen LogP contribution is -2.41. The number of anilines is 1. The van der Waals surface area contributed by atoms with Gasteiger partial charge in [0, 0.05) is 24.1 Å². The number of carboxylic acid groups (broad SMARTS) is 1. The normalized spacial score (nSPS) is 24.3. The lowest BCUT2D eigenvalue weighted by molar-refractivity contribution is -0.142. The number of ether oxygens (including phenoxy) is 2. The Hall–Kier alpha value is -2.44. The highest BCUT2D eigenvalue weighted by Gasteiger charge is 2.27. The van der Waals surface area contributed by atoms with Crippen LogP contribution in [0.2, 0.25) is 0 Å². The zero-order valence-corrected chi connectivity index (χ0v) is 15.2. The van der Waals surface area contributed by atoms with Gasteiger partial charge in [-0.3, -0.25) is 4.79 Å². The number of hydrogen-bond acceptors (Lipinski definition) is 4. The van der Waals surface area contributed by atoms with E-state index in [1.165, 1.54) is 0 Å². The molecule has 142 valence electrons. The Bertz CT molecular complexity index is 683. The van der Waals surface area contributed by atoms with Crippen molar-refractivity contribution in [2.45, 2.75) is 58.1 Å². The molecule has 1 atom stereocenters. The lowest BCUT2D eigenvalue weighted by Gasteiger charge is -2.27. The smallest absolute Gasteiger partial charge is 0.319 e. The van der Waals surface area contributed by atoms with Crippen LogP contribution in [0.3, 0.4) is 0 Å². The van der Waals surface area contributed by atoms with E-state index >= 15 is 0 Å². The summed E-state index contributed by atoms with van der Waals surface area (Å²) in [7, 11) is 0.